The number of H-pyrrole nitrogens is 2. The summed E-state index contributed by atoms with van der Waals surface area (Å²) in [6, 6.07) is 10.6. The highest BCUT2D eigenvalue weighted by molar-refractivity contribution is 6.10. The van der Waals surface area contributed by atoms with Crippen molar-refractivity contribution in [3.05, 3.63) is 52.9 Å². The first-order valence-corrected chi connectivity index (χ1v) is 17.0. The largest absolute Gasteiger partial charge is 0.354 e. The number of amides is 1. The maximum Gasteiger partial charge on any atom is 0.323 e. The summed E-state index contributed by atoms with van der Waals surface area (Å²) >= 11 is 0. The summed E-state index contributed by atoms with van der Waals surface area (Å²) in [6.45, 7) is 17.4. The molecule has 0 fully saturated rings. The van der Waals surface area contributed by atoms with Gasteiger partial charge in [0.2, 0.25) is 17.9 Å². The van der Waals surface area contributed by atoms with E-state index in [1.807, 2.05) is 12.1 Å². The van der Waals surface area contributed by atoms with Crippen LogP contribution in [0.25, 0.3) is 22.4 Å². The van der Waals surface area contributed by atoms with E-state index in [0.29, 0.717) is 40.1 Å². The van der Waals surface area contributed by atoms with Crippen LogP contribution in [0.1, 0.15) is 47.5 Å². The lowest BCUT2D eigenvalue weighted by atomic mass is 10.2. The first kappa shape index (κ1) is 36.8. The van der Waals surface area contributed by atoms with Gasteiger partial charge in [-0.05, 0) is 101 Å². The molecular weight excluding hydrogens is 624 g/mol. The first-order valence-electron chi connectivity index (χ1n) is 17.0. The molecule has 0 bridgehead atoms. The zero-order chi connectivity index (χ0) is 35.2. The molecule has 1 atom stereocenters. The van der Waals surface area contributed by atoms with Crippen molar-refractivity contribution in [2.45, 2.75) is 53.5 Å². The highest BCUT2D eigenvalue weighted by atomic mass is 16.2. The molecule has 1 amide bonds. The van der Waals surface area contributed by atoms with Crippen molar-refractivity contribution in [2.75, 3.05) is 68.3 Å². The fraction of sp³-hybridized carbons (Fsp3) is 0.471. The summed E-state index contributed by atoms with van der Waals surface area (Å²) in [6.07, 6.45) is 1.91. The molecule has 0 spiro atoms. The Morgan fingerprint density at radius 1 is 0.796 bits per heavy atom. The Balaban J connectivity index is 1.45. The van der Waals surface area contributed by atoms with E-state index < -0.39 is 17.7 Å². The number of hydrogen-bond acceptors (Lipinski definition) is 12. The van der Waals surface area contributed by atoms with Gasteiger partial charge in [-0.1, -0.05) is 27.7 Å². The fourth-order valence-corrected chi connectivity index (χ4v) is 5.19. The minimum Gasteiger partial charge on any atom is -0.354 e. The number of Topliss-reactive ketones (excluding diaryl/α,β-unsaturated/α-hetero) is 1. The van der Waals surface area contributed by atoms with Crippen molar-refractivity contribution in [1.29, 1.82) is 0 Å². The van der Waals surface area contributed by atoms with Crippen LogP contribution in [0.4, 0.5) is 23.3 Å². The normalized spacial score (nSPS) is 12.2. The summed E-state index contributed by atoms with van der Waals surface area (Å²) in [5.74, 6) is 0.393. The predicted molar refractivity (Wildman–Crippen MR) is 194 cm³/mol. The van der Waals surface area contributed by atoms with Crippen molar-refractivity contribution in [2.24, 2.45) is 10.2 Å². The van der Waals surface area contributed by atoms with Crippen LogP contribution in [0, 0.1) is 0 Å². The Morgan fingerprint density at radius 2 is 1.37 bits per heavy atom. The Morgan fingerprint density at radius 3 is 1.92 bits per heavy atom. The smallest absolute Gasteiger partial charge is 0.323 e. The zero-order valence-electron chi connectivity index (χ0n) is 29.0. The molecule has 15 heteroatoms. The van der Waals surface area contributed by atoms with Gasteiger partial charge in [0.25, 0.3) is 5.91 Å². The Bertz CT molecular complexity index is 1710. The van der Waals surface area contributed by atoms with Gasteiger partial charge >= 0.3 is 5.69 Å². The molecule has 0 saturated carbocycles. The third-order valence-electron chi connectivity index (χ3n) is 8.12. The van der Waals surface area contributed by atoms with Crippen LogP contribution < -0.4 is 21.6 Å². The van der Waals surface area contributed by atoms with Gasteiger partial charge in [0.1, 0.15) is 0 Å². The molecule has 0 aliphatic heterocycles. The van der Waals surface area contributed by atoms with Gasteiger partial charge in [-0.15, -0.1) is 0 Å². The van der Waals surface area contributed by atoms with Crippen LogP contribution in [-0.4, -0.2) is 105 Å². The topological polar surface area (TPSA) is 189 Å². The monoisotopic (exact) mass is 672 g/mol. The molecule has 2 aromatic carbocycles. The number of azo groups is 1. The van der Waals surface area contributed by atoms with Gasteiger partial charge in [0.05, 0.1) is 16.7 Å². The van der Waals surface area contributed by atoms with E-state index in [4.69, 9.17) is 0 Å². The molecule has 0 saturated heterocycles. The highest BCUT2D eigenvalue weighted by Crippen LogP contribution is 2.23. The maximum absolute atomic E-state index is 12.9. The van der Waals surface area contributed by atoms with Crippen molar-refractivity contribution in [3.63, 3.8) is 0 Å². The molecule has 49 heavy (non-hydrogen) atoms. The summed E-state index contributed by atoms with van der Waals surface area (Å²) in [4.78, 5) is 60.8. The van der Waals surface area contributed by atoms with Crippen LogP contribution in [0.5, 0.6) is 0 Å². The lowest BCUT2D eigenvalue weighted by Crippen LogP contribution is -2.31. The number of aromatic nitrogens is 5. The van der Waals surface area contributed by atoms with Gasteiger partial charge in [0.15, 0.2) is 11.6 Å². The third-order valence-corrected chi connectivity index (χ3v) is 8.12. The number of anilines is 3. The molecular formula is C34H48N12O3. The number of carbonyl (C=O) groups is 2. The van der Waals surface area contributed by atoms with Crippen molar-refractivity contribution in [3.8, 4) is 11.4 Å². The number of fused-ring (bicyclic) bond motifs is 1. The van der Waals surface area contributed by atoms with Gasteiger partial charge in [-0.3, -0.25) is 9.59 Å². The molecule has 0 aliphatic rings. The summed E-state index contributed by atoms with van der Waals surface area (Å²) in [7, 11) is 0. The van der Waals surface area contributed by atoms with Gasteiger partial charge in [-0.2, -0.15) is 25.2 Å². The fourth-order valence-electron chi connectivity index (χ4n) is 5.19. The summed E-state index contributed by atoms with van der Waals surface area (Å²) in [5.41, 5.74) is 2.38. The van der Waals surface area contributed by atoms with Crippen molar-refractivity contribution in [1.82, 2.24) is 34.7 Å². The molecule has 0 aliphatic carbocycles. The molecule has 4 aromatic rings. The second-order valence-corrected chi connectivity index (χ2v) is 11.5. The van der Waals surface area contributed by atoms with E-state index in [2.05, 4.69) is 88.6 Å². The van der Waals surface area contributed by atoms with Gasteiger partial charge in [-0.25, -0.2) is 4.79 Å². The number of imidazole rings is 1. The Hall–Kier alpha value is -5.02. The highest BCUT2D eigenvalue weighted by Gasteiger charge is 2.23. The van der Waals surface area contributed by atoms with E-state index in [0.717, 1.165) is 70.8 Å². The second kappa shape index (κ2) is 18.5. The van der Waals surface area contributed by atoms with Crippen LogP contribution in [-0.2, 0) is 9.59 Å². The number of benzene rings is 2. The number of ketones is 1. The average Bonchev–Trinajstić information content (AvgIpc) is 3.48. The minimum atomic E-state index is -1.35. The van der Waals surface area contributed by atoms with E-state index in [-0.39, 0.29) is 5.69 Å². The predicted octanol–water partition coefficient (Wildman–Crippen LogP) is 4.68. The standard InChI is InChI=1S/C34H48N12O3/c1-6-45(7-2)20-10-18-35-32-40-30(41-33(42-32)36-19-11-21-46(8-3)9-4)24-12-14-25(15-13-24)43-44-29(23(5)47)31(48)37-26-16-17-27-28(22-26)39-34(49)38-27/h12-17,22,29H,6-11,18-21H2,1-5H3,(H,37,48)(H2,38,39,49)(H2,35,36,40,41,42). The number of nitrogens with zero attached hydrogens (tertiary/aromatic N) is 7. The van der Waals surface area contributed by atoms with E-state index >= 15 is 0 Å². The second-order valence-electron chi connectivity index (χ2n) is 11.5. The zero-order valence-corrected chi connectivity index (χ0v) is 29.0. The summed E-state index contributed by atoms with van der Waals surface area (Å²) in [5, 5.41) is 17.6. The SMILES string of the molecule is CCN(CC)CCCNc1nc(NCCCN(CC)CC)nc(-c2ccc(N=NC(C(C)=O)C(=O)Nc3ccc4[nH]c(=O)[nH]c4c3)cc2)n1. The third kappa shape index (κ3) is 11.0. The van der Waals surface area contributed by atoms with Crippen molar-refractivity contribution < 1.29 is 9.59 Å². The molecule has 262 valence electrons. The Labute approximate surface area is 286 Å². The molecule has 5 N–H and O–H groups in total. The lowest BCUT2D eigenvalue weighted by Gasteiger charge is -2.18. The van der Waals surface area contributed by atoms with Gasteiger partial charge in [0, 0.05) is 24.3 Å². The number of hydrogen-bond donors (Lipinski definition) is 5. The molecule has 1 unspecified atom stereocenters. The lowest BCUT2D eigenvalue weighted by molar-refractivity contribution is -0.126. The average molecular weight is 673 g/mol. The minimum absolute atomic E-state index is 0.354. The number of rotatable bonds is 20. The quantitative estimate of drug-likeness (QED) is 0.0501. The molecule has 2 aromatic heterocycles. The number of carbonyl (C=O) groups excluding carboxylic acids is 2. The maximum atomic E-state index is 12.9. The van der Waals surface area contributed by atoms with E-state index in [1.54, 1.807) is 30.3 Å². The molecule has 4 rings (SSSR count). The van der Waals surface area contributed by atoms with Crippen LogP contribution in [0.3, 0.4) is 0 Å². The molecule has 0 radical (unpaired) electrons. The summed E-state index contributed by atoms with van der Waals surface area (Å²) < 4.78 is 0. The molecule has 15 nitrogen and oxygen atoms in total. The van der Waals surface area contributed by atoms with Crippen LogP contribution in [0.2, 0.25) is 0 Å². The Kier molecular flexibility index (Phi) is 13.9. The van der Waals surface area contributed by atoms with E-state index in [9.17, 15) is 14.4 Å². The van der Waals surface area contributed by atoms with E-state index in [1.165, 1.54) is 6.92 Å². The molecule has 2 heterocycles. The first-order chi connectivity index (χ1) is 23.7. The number of aromatic amines is 2. The van der Waals surface area contributed by atoms with Crippen LogP contribution >= 0.6 is 0 Å². The number of nitrogens with one attached hydrogen (secondary N) is 5. The van der Waals surface area contributed by atoms with Gasteiger partial charge < -0.3 is 35.7 Å². The van der Waals surface area contributed by atoms with Crippen LogP contribution in [0.15, 0.2) is 57.5 Å². The van der Waals surface area contributed by atoms with Crippen molar-refractivity contribution >= 4 is 46.0 Å².